The Hall–Kier alpha value is -4.51. The highest BCUT2D eigenvalue weighted by Gasteiger charge is 2.34. The summed E-state index contributed by atoms with van der Waals surface area (Å²) >= 11 is 0. The number of likely N-dealkylation sites (tertiary alicyclic amines) is 1. The average Bonchev–Trinajstić information content (AvgIpc) is 3.03. The van der Waals surface area contributed by atoms with Crippen molar-refractivity contribution >= 4 is 40.6 Å². The fourth-order valence-corrected chi connectivity index (χ4v) is 5.01. The summed E-state index contributed by atoms with van der Waals surface area (Å²) < 4.78 is 19.4. The van der Waals surface area contributed by atoms with Crippen LogP contribution >= 0.6 is 0 Å². The molecule has 0 radical (unpaired) electrons. The normalized spacial score (nSPS) is 17.5. The predicted molar refractivity (Wildman–Crippen MR) is 152 cm³/mol. The maximum absolute atomic E-state index is 13.9. The first-order valence-corrected chi connectivity index (χ1v) is 13.0. The second-order valence-corrected chi connectivity index (χ2v) is 10.1. The van der Waals surface area contributed by atoms with Crippen LogP contribution in [0.2, 0.25) is 0 Å². The van der Waals surface area contributed by atoms with E-state index in [0.717, 1.165) is 18.8 Å². The molecule has 2 amide bonds. The van der Waals surface area contributed by atoms with Gasteiger partial charge >= 0.3 is 0 Å². The number of carbonyl (C=O) groups excluding carboxylic acids is 2. The average molecular weight is 546 g/mol. The Morgan fingerprint density at radius 2 is 1.90 bits per heavy atom. The molecule has 2 aliphatic rings. The third kappa shape index (κ3) is 5.59. The molecule has 0 spiro atoms. The summed E-state index contributed by atoms with van der Waals surface area (Å²) in [4.78, 5) is 40.7. The maximum atomic E-state index is 13.9. The Kier molecular flexibility index (Phi) is 7.65. The van der Waals surface area contributed by atoms with Crippen molar-refractivity contribution in [1.82, 2.24) is 20.2 Å². The number of anilines is 5. The lowest BCUT2D eigenvalue weighted by Crippen LogP contribution is -2.57. The zero-order valence-corrected chi connectivity index (χ0v) is 22.7. The van der Waals surface area contributed by atoms with Gasteiger partial charge in [0, 0.05) is 44.4 Å². The van der Waals surface area contributed by atoms with E-state index in [1.807, 2.05) is 42.3 Å². The second kappa shape index (κ2) is 11.3. The third-order valence-electron chi connectivity index (χ3n) is 7.10. The van der Waals surface area contributed by atoms with Gasteiger partial charge in [-0.15, -0.1) is 0 Å². The van der Waals surface area contributed by atoms with E-state index in [-0.39, 0.29) is 36.8 Å². The number of fused-ring (bicyclic) bond motifs is 1. The van der Waals surface area contributed by atoms with E-state index in [0.29, 0.717) is 28.5 Å². The van der Waals surface area contributed by atoms with Crippen LogP contribution < -0.4 is 25.2 Å². The number of likely N-dealkylation sites (N-methyl/N-ethyl adjacent to an activating group) is 1. The smallest absolute Gasteiger partial charge is 0.251 e. The molecule has 1 unspecified atom stereocenters. The van der Waals surface area contributed by atoms with Crippen molar-refractivity contribution in [2.45, 2.75) is 12.5 Å². The lowest BCUT2D eigenvalue weighted by atomic mass is 10.0. The summed E-state index contributed by atoms with van der Waals surface area (Å²) in [5, 5.41) is 6.20. The van der Waals surface area contributed by atoms with Gasteiger partial charge in [-0.25, -0.2) is 9.37 Å². The number of hydrogen-bond donors (Lipinski definition) is 2. The molecule has 3 heterocycles. The zero-order valence-electron chi connectivity index (χ0n) is 22.7. The minimum Gasteiger partial charge on any atom is -0.495 e. The molecule has 1 fully saturated rings. The fourth-order valence-electron chi connectivity index (χ4n) is 5.01. The number of para-hydroxylation sites is 1. The molecule has 208 valence electrons. The van der Waals surface area contributed by atoms with E-state index in [1.165, 1.54) is 12.0 Å². The third-order valence-corrected chi connectivity index (χ3v) is 7.10. The van der Waals surface area contributed by atoms with Crippen LogP contribution in [0.25, 0.3) is 0 Å². The van der Waals surface area contributed by atoms with Gasteiger partial charge in [-0.05, 0) is 37.4 Å². The van der Waals surface area contributed by atoms with Crippen LogP contribution in [0.4, 0.5) is 33.2 Å². The number of nitrogens with zero attached hydrogens (tertiary/aromatic N) is 5. The van der Waals surface area contributed by atoms with Gasteiger partial charge in [-0.1, -0.05) is 24.8 Å². The van der Waals surface area contributed by atoms with Crippen LogP contribution in [0.15, 0.2) is 67.1 Å². The van der Waals surface area contributed by atoms with E-state index in [1.54, 1.807) is 31.4 Å². The van der Waals surface area contributed by atoms with Gasteiger partial charge in [0.1, 0.15) is 11.4 Å². The highest BCUT2D eigenvalue weighted by Crippen LogP contribution is 2.38. The molecule has 2 aliphatic heterocycles. The summed E-state index contributed by atoms with van der Waals surface area (Å²) in [5.41, 5.74) is 2.34. The van der Waals surface area contributed by atoms with E-state index in [4.69, 9.17) is 9.72 Å². The standard InChI is InChI=1S/C29H32FN7O3/c1-18(30)12-20-15-37(22-8-6-5-7-9-22)26-24(36(3)28(20)39)14-31-29(34-26)33-23-11-10-19(13-25(23)40-4)27(38)32-21-16-35(2)17-21/h5-11,13-14,20-21H,1,12,15-17H2,2-4H3,(H,32,38)(H,31,33,34). The predicted octanol–water partition coefficient (Wildman–Crippen LogP) is 3.88. The second-order valence-electron chi connectivity index (χ2n) is 10.1. The minimum absolute atomic E-state index is 0.0897. The number of aromatic nitrogens is 2. The molecule has 2 N–H and O–H groups in total. The van der Waals surface area contributed by atoms with E-state index in [9.17, 15) is 14.0 Å². The topological polar surface area (TPSA) is 103 Å². The molecule has 1 atom stereocenters. The van der Waals surface area contributed by atoms with Gasteiger partial charge in [0.05, 0.1) is 36.8 Å². The van der Waals surface area contributed by atoms with Crippen LogP contribution in [0.5, 0.6) is 5.75 Å². The molecular formula is C29H32FN7O3. The summed E-state index contributed by atoms with van der Waals surface area (Å²) in [6.45, 7) is 5.23. The zero-order chi connectivity index (χ0) is 28.4. The van der Waals surface area contributed by atoms with Crippen LogP contribution in [0.3, 0.4) is 0 Å². The number of allylic oxidation sites excluding steroid dienone is 1. The first-order valence-electron chi connectivity index (χ1n) is 13.0. The number of carbonyl (C=O) groups is 2. The number of benzene rings is 2. The maximum Gasteiger partial charge on any atom is 0.251 e. The van der Waals surface area contributed by atoms with E-state index < -0.39 is 11.7 Å². The number of rotatable bonds is 8. The van der Waals surface area contributed by atoms with Crippen molar-refractivity contribution in [2.75, 3.05) is 56.0 Å². The SMILES string of the molecule is C=C(F)CC1CN(c2ccccc2)c2nc(Nc3ccc(C(=O)NC4CN(C)C4)cc3OC)ncc2N(C)C1=O. The molecule has 1 saturated heterocycles. The van der Waals surface area contributed by atoms with Crippen LogP contribution in [-0.4, -0.2) is 73.6 Å². The van der Waals surface area contributed by atoms with Crippen molar-refractivity contribution in [1.29, 1.82) is 0 Å². The van der Waals surface area contributed by atoms with E-state index >= 15 is 0 Å². The highest BCUT2D eigenvalue weighted by atomic mass is 19.1. The van der Waals surface area contributed by atoms with Gasteiger partial charge < -0.3 is 30.1 Å². The summed E-state index contributed by atoms with van der Waals surface area (Å²) in [6.07, 6.45) is 1.47. The van der Waals surface area contributed by atoms with Crippen molar-refractivity contribution in [3.8, 4) is 5.75 Å². The Balaban J connectivity index is 1.45. The van der Waals surface area contributed by atoms with Crippen LogP contribution in [0.1, 0.15) is 16.8 Å². The molecule has 0 aliphatic carbocycles. The molecule has 40 heavy (non-hydrogen) atoms. The van der Waals surface area contributed by atoms with Crippen molar-refractivity contribution in [3.05, 3.63) is 72.7 Å². The highest BCUT2D eigenvalue weighted by molar-refractivity contribution is 6.00. The van der Waals surface area contributed by atoms with E-state index in [2.05, 4.69) is 27.1 Å². The number of methoxy groups -OCH3 is 1. The Labute approximate surface area is 232 Å². The molecule has 11 heteroatoms. The summed E-state index contributed by atoms with van der Waals surface area (Å²) in [7, 11) is 5.16. The Morgan fingerprint density at radius 3 is 2.58 bits per heavy atom. The van der Waals surface area contributed by atoms with Gasteiger partial charge in [0.2, 0.25) is 11.9 Å². The molecule has 1 aromatic heterocycles. The number of halogens is 1. The minimum atomic E-state index is -0.660. The first kappa shape index (κ1) is 27.1. The molecule has 3 aromatic rings. The molecular weight excluding hydrogens is 513 g/mol. The number of ether oxygens (including phenoxy) is 1. The Bertz CT molecular complexity index is 1430. The first-order chi connectivity index (χ1) is 19.2. The van der Waals surface area contributed by atoms with Crippen LogP contribution in [0, 0.1) is 5.92 Å². The quantitative estimate of drug-likeness (QED) is 0.440. The van der Waals surface area contributed by atoms with Gasteiger partial charge in [0.25, 0.3) is 5.91 Å². The molecule has 2 aromatic carbocycles. The molecule has 0 bridgehead atoms. The molecule has 0 saturated carbocycles. The summed E-state index contributed by atoms with van der Waals surface area (Å²) in [5.74, 6) is -0.414. The monoisotopic (exact) mass is 545 g/mol. The largest absolute Gasteiger partial charge is 0.495 e. The summed E-state index contributed by atoms with van der Waals surface area (Å²) in [6, 6.07) is 14.7. The van der Waals surface area contributed by atoms with Gasteiger partial charge in [-0.3, -0.25) is 9.59 Å². The van der Waals surface area contributed by atoms with Crippen molar-refractivity contribution in [2.24, 2.45) is 5.92 Å². The lowest BCUT2D eigenvalue weighted by Gasteiger charge is -2.36. The lowest BCUT2D eigenvalue weighted by molar-refractivity contribution is -0.121. The van der Waals surface area contributed by atoms with Crippen molar-refractivity contribution < 1.29 is 18.7 Å². The van der Waals surface area contributed by atoms with Crippen LogP contribution in [-0.2, 0) is 4.79 Å². The van der Waals surface area contributed by atoms with Gasteiger partial charge in [0.15, 0.2) is 5.82 Å². The number of hydrogen-bond acceptors (Lipinski definition) is 8. The fraction of sp³-hybridized carbons (Fsp3) is 0.310. The molecule has 5 rings (SSSR count). The van der Waals surface area contributed by atoms with Crippen molar-refractivity contribution in [3.63, 3.8) is 0 Å². The number of amides is 2. The number of nitrogens with one attached hydrogen (secondary N) is 2. The Morgan fingerprint density at radius 1 is 1.15 bits per heavy atom. The van der Waals surface area contributed by atoms with Gasteiger partial charge in [-0.2, -0.15) is 4.98 Å². The molecule has 10 nitrogen and oxygen atoms in total.